The highest BCUT2D eigenvalue weighted by molar-refractivity contribution is 6.00. The van der Waals surface area contributed by atoms with Crippen LogP contribution in [0.4, 0.5) is 5.69 Å². The monoisotopic (exact) mass is 388 g/mol. The highest BCUT2D eigenvalue weighted by Crippen LogP contribution is 2.29. The van der Waals surface area contributed by atoms with Gasteiger partial charge in [0.2, 0.25) is 11.8 Å². The second kappa shape index (κ2) is 9.08. The van der Waals surface area contributed by atoms with E-state index in [9.17, 15) is 14.4 Å². The molecule has 0 aromatic heterocycles. The number of carbonyl (C=O) groups excluding carboxylic acids is 3. The van der Waals surface area contributed by atoms with Gasteiger partial charge in [-0.3, -0.25) is 14.4 Å². The van der Waals surface area contributed by atoms with Gasteiger partial charge in [-0.2, -0.15) is 0 Å². The number of benzene rings is 1. The molecule has 28 heavy (non-hydrogen) atoms. The number of amides is 2. The molecule has 2 saturated heterocycles. The molecular weight excluding hydrogens is 360 g/mol. The SMILES string of the molecule is CCOC(=O)[C@@H]1CCCN(C(=O)[C@@H]2CC(=O)N(c3ccc(OCC)cc3)C2)C1. The first-order chi connectivity index (χ1) is 13.5. The van der Waals surface area contributed by atoms with Crippen LogP contribution in [0.5, 0.6) is 5.75 Å². The van der Waals surface area contributed by atoms with Gasteiger partial charge < -0.3 is 19.3 Å². The van der Waals surface area contributed by atoms with E-state index in [2.05, 4.69) is 0 Å². The van der Waals surface area contributed by atoms with Crippen molar-refractivity contribution in [2.24, 2.45) is 11.8 Å². The van der Waals surface area contributed by atoms with Gasteiger partial charge in [-0.15, -0.1) is 0 Å². The van der Waals surface area contributed by atoms with E-state index in [0.717, 1.165) is 24.3 Å². The molecule has 1 aromatic rings. The van der Waals surface area contributed by atoms with Crippen molar-refractivity contribution >= 4 is 23.5 Å². The molecule has 0 unspecified atom stereocenters. The summed E-state index contributed by atoms with van der Waals surface area (Å²) in [5.41, 5.74) is 0.770. The van der Waals surface area contributed by atoms with Crippen molar-refractivity contribution in [2.45, 2.75) is 33.1 Å². The molecule has 0 radical (unpaired) electrons. The lowest BCUT2D eigenvalue weighted by Gasteiger charge is -2.33. The van der Waals surface area contributed by atoms with Gasteiger partial charge in [-0.25, -0.2) is 0 Å². The maximum atomic E-state index is 13.0. The minimum atomic E-state index is -0.375. The van der Waals surface area contributed by atoms with E-state index in [0.29, 0.717) is 32.8 Å². The molecule has 0 saturated carbocycles. The Labute approximate surface area is 165 Å². The third-order valence-corrected chi connectivity index (χ3v) is 5.29. The average molecular weight is 388 g/mol. The minimum absolute atomic E-state index is 0.0456. The van der Waals surface area contributed by atoms with E-state index in [-0.39, 0.29) is 36.0 Å². The predicted octanol–water partition coefficient (Wildman–Crippen LogP) is 2.24. The van der Waals surface area contributed by atoms with Crippen LogP contribution in [0.1, 0.15) is 33.1 Å². The summed E-state index contributed by atoms with van der Waals surface area (Å²) in [5, 5.41) is 0. The third-order valence-electron chi connectivity index (χ3n) is 5.29. The van der Waals surface area contributed by atoms with Crippen LogP contribution in [-0.2, 0) is 19.1 Å². The van der Waals surface area contributed by atoms with Gasteiger partial charge in [0.25, 0.3) is 0 Å². The second-order valence-electron chi connectivity index (χ2n) is 7.21. The Balaban J connectivity index is 1.62. The number of ether oxygens (including phenoxy) is 2. The van der Waals surface area contributed by atoms with E-state index in [1.54, 1.807) is 16.7 Å². The van der Waals surface area contributed by atoms with Gasteiger partial charge in [0.05, 0.1) is 25.0 Å². The summed E-state index contributed by atoms with van der Waals surface area (Å²) in [4.78, 5) is 40.9. The summed E-state index contributed by atoms with van der Waals surface area (Å²) in [6.07, 6.45) is 1.72. The van der Waals surface area contributed by atoms with E-state index in [1.807, 2.05) is 31.2 Å². The van der Waals surface area contributed by atoms with Crippen molar-refractivity contribution in [1.82, 2.24) is 4.90 Å². The van der Waals surface area contributed by atoms with Crippen LogP contribution < -0.4 is 9.64 Å². The molecule has 0 aliphatic carbocycles. The Hall–Kier alpha value is -2.57. The molecule has 0 bridgehead atoms. The fourth-order valence-electron chi connectivity index (χ4n) is 3.90. The molecule has 7 heteroatoms. The molecule has 2 heterocycles. The van der Waals surface area contributed by atoms with Crippen molar-refractivity contribution in [3.05, 3.63) is 24.3 Å². The van der Waals surface area contributed by atoms with Gasteiger partial charge in [-0.1, -0.05) is 0 Å². The lowest BCUT2D eigenvalue weighted by molar-refractivity contribution is -0.152. The topological polar surface area (TPSA) is 76.2 Å². The number of hydrogen-bond donors (Lipinski definition) is 0. The fraction of sp³-hybridized carbons (Fsp3) is 0.571. The van der Waals surface area contributed by atoms with Gasteiger partial charge >= 0.3 is 5.97 Å². The molecular formula is C21H28N2O5. The number of rotatable bonds is 6. The highest BCUT2D eigenvalue weighted by atomic mass is 16.5. The van der Waals surface area contributed by atoms with E-state index in [4.69, 9.17) is 9.47 Å². The molecule has 0 spiro atoms. The van der Waals surface area contributed by atoms with E-state index >= 15 is 0 Å². The first-order valence-corrected chi connectivity index (χ1v) is 10.0. The molecule has 2 aliphatic heterocycles. The molecule has 1 aromatic carbocycles. The number of nitrogens with zero attached hydrogens (tertiary/aromatic N) is 2. The number of piperidine rings is 1. The van der Waals surface area contributed by atoms with Crippen molar-refractivity contribution in [3.8, 4) is 5.75 Å². The summed E-state index contributed by atoms with van der Waals surface area (Å²) in [5.74, 6) is -0.225. The van der Waals surface area contributed by atoms with Crippen LogP contribution >= 0.6 is 0 Å². The zero-order valence-electron chi connectivity index (χ0n) is 16.6. The highest BCUT2D eigenvalue weighted by Gasteiger charge is 2.39. The van der Waals surface area contributed by atoms with Crippen molar-refractivity contribution in [2.75, 3.05) is 37.7 Å². The lowest BCUT2D eigenvalue weighted by atomic mass is 9.96. The normalized spacial score (nSPS) is 22.3. The van der Waals surface area contributed by atoms with E-state index in [1.165, 1.54) is 0 Å². The van der Waals surface area contributed by atoms with E-state index < -0.39 is 0 Å². The van der Waals surface area contributed by atoms with Gasteiger partial charge in [-0.05, 0) is 51.0 Å². The summed E-state index contributed by atoms with van der Waals surface area (Å²) in [6, 6.07) is 7.34. The number of carbonyl (C=O) groups is 3. The Morgan fingerprint density at radius 3 is 2.50 bits per heavy atom. The zero-order valence-corrected chi connectivity index (χ0v) is 16.6. The standard InChI is InChI=1S/C21H28N2O5/c1-3-27-18-9-7-17(8-10-18)23-14-16(12-19(23)24)20(25)22-11-5-6-15(13-22)21(26)28-4-2/h7-10,15-16H,3-6,11-14H2,1-2H3/t15-,16-/m1/s1. The first kappa shape index (κ1) is 20.2. The quantitative estimate of drug-likeness (QED) is 0.699. The van der Waals surface area contributed by atoms with Crippen LogP contribution in [0.3, 0.4) is 0 Å². The molecule has 7 nitrogen and oxygen atoms in total. The third kappa shape index (κ3) is 4.46. The van der Waals surface area contributed by atoms with Crippen LogP contribution in [0, 0.1) is 11.8 Å². The first-order valence-electron chi connectivity index (χ1n) is 10.0. The van der Waals surface area contributed by atoms with Gasteiger partial charge in [0.1, 0.15) is 5.75 Å². The van der Waals surface area contributed by atoms with Crippen LogP contribution in [0.2, 0.25) is 0 Å². The van der Waals surface area contributed by atoms with Crippen molar-refractivity contribution < 1.29 is 23.9 Å². The Kier molecular flexibility index (Phi) is 6.54. The second-order valence-corrected chi connectivity index (χ2v) is 7.21. The maximum absolute atomic E-state index is 13.0. The molecule has 2 fully saturated rings. The Morgan fingerprint density at radius 1 is 1.07 bits per heavy atom. The lowest BCUT2D eigenvalue weighted by Crippen LogP contribution is -2.45. The van der Waals surface area contributed by atoms with Crippen molar-refractivity contribution in [1.29, 1.82) is 0 Å². The zero-order chi connectivity index (χ0) is 20.1. The van der Waals surface area contributed by atoms with Crippen molar-refractivity contribution in [3.63, 3.8) is 0 Å². The number of esters is 1. The average Bonchev–Trinajstić information content (AvgIpc) is 3.10. The minimum Gasteiger partial charge on any atom is -0.494 e. The largest absolute Gasteiger partial charge is 0.494 e. The molecule has 2 aliphatic rings. The molecule has 3 rings (SSSR count). The molecule has 152 valence electrons. The number of anilines is 1. The Morgan fingerprint density at radius 2 is 1.82 bits per heavy atom. The summed E-state index contributed by atoms with van der Waals surface area (Å²) in [6.45, 7) is 6.00. The van der Waals surface area contributed by atoms with Gasteiger partial charge in [0, 0.05) is 31.7 Å². The summed E-state index contributed by atoms with van der Waals surface area (Å²) in [7, 11) is 0. The maximum Gasteiger partial charge on any atom is 0.310 e. The molecule has 2 amide bonds. The summed E-state index contributed by atoms with van der Waals surface area (Å²) >= 11 is 0. The van der Waals surface area contributed by atoms with Gasteiger partial charge in [0.15, 0.2) is 0 Å². The van der Waals surface area contributed by atoms with Crippen LogP contribution in [0.15, 0.2) is 24.3 Å². The smallest absolute Gasteiger partial charge is 0.310 e. The summed E-state index contributed by atoms with van der Waals surface area (Å²) < 4.78 is 10.5. The number of hydrogen-bond acceptors (Lipinski definition) is 5. The fourth-order valence-corrected chi connectivity index (χ4v) is 3.90. The molecule has 0 N–H and O–H groups in total. The van der Waals surface area contributed by atoms with Crippen LogP contribution in [0.25, 0.3) is 0 Å². The predicted molar refractivity (Wildman–Crippen MR) is 104 cm³/mol. The Bertz CT molecular complexity index is 718. The van der Waals surface area contributed by atoms with Crippen LogP contribution in [-0.4, -0.2) is 55.5 Å². The molecule has 2 atom stereocenters. The number of likely N-dealkylation sites (tertiary alicyclic amines) is 1.